The van der Waals surface area contributed by atoms with Crippen molar-refractivity contribution in [3.63, 3.8) is 0 Å². The van der Waals surface area contributed by atoms with E-state index in [0.717, 1.165) is 0 Å². The SMILES string of the molecule is C#CCNS(=O)(=O)c1cccc(C(=O)N2CC(C)(c3ccccc3)C2)c1. The van der Waals surface area contributed by atoms with Crippen molar-refractivity contribution in [3.8, 4) is 12.3 Å². The predicted molar refractivity (Wildman–Crippen MR) is 100 cm³/mol. The summed E-state index contributed by atoms with van der Waals surface area (Å²) in [6.45, 7) is 3.23. The van der Waals surface area contributed by atoms with Crippen molar-refractivity contribution < 1.29 is 13.2 Å². The molecule has 0 unspecified atom stereocenters. The standard InChI is InChI=1S/C20H20N2O3S/c1-3-12-21-26(24,25)18-11-7-8-16(13-18)19(23)22-14-20(2,15-22)17-9-5-4-6-10-17/h1,4-11,13,21H,12,14-15H2,2H3. The van der Waals surface area contributed by atoms with Crippen LogP contribution in [0.15, 0.2) is 59.5 Å². The average Bonchev–Trinajstić information content (AvgIpc) is 2.64. The first-order valence-electron chi connectivity index (χ1n) is 8.24. The van der Waals surface area contributed by atoms with E-state index in [1.807, 2.05) is 18.2 Å². The molecule has 2 aromatic carbocycles. The molecule has 0 spiro atoms. The van der Waals surface area contributed by atoms with Crippen molar-refractivity contribution in [1.29, 1.82) is 0 Å². The van der Waals surface area contributed by atoms with Gasteiger partial charge in [0.2, 0.25) is 10.0 Å². The van der Waals surface area contributed by atoms with Crippen molar-refractivity contribution in [2.24, 2.45) is 0 Å². The Bertz CT molecular complexity index is 956. The molecule has 6 heteroatoms. The number of rotatable bonds is 5. The molecule has 2 aromatic rings. The van der Waals surface area contributed by atoms with Gasteiger partial charge in [0, 0.05) is 24.1 Å². The summed E-state index contributed by atoms with van der Waals surface area (Å²) in [5.74, 6) is 2.05. The van der Waals surface area contributed by atoms with Gasteiger partial charge in [-0.3, -0.25) is 4.79 Å². The minimum Gasteiger partial charge on any atom is -0.337 e. The van der Waals surface area contributed by atoms with Gasteiger partial charge in [0.15, 0.2) is 0 Å². The number of nitrogens with zero attached hydrogens (tertiary/aromatic N) is 1. The Balaban J connectivity index is 1.74. The van der Waals surface area contributed by atoms with Gasteiger partial charge in [-0.25, -0.2) is 8.42 Å². The molecule has 1 saturated heterocycles. The number of terminal acetylenes is 1. The summed E-state index contributed by atoms with van der Waals surface area (Å²) in [7, 11) is -3.72. The van der Waals surface area contributed by atoms with Crippen LogP contribution in [0.5, 0.6) is 0 Å². The highest BCUT2D eigenvalue weighted by Crippen LogP contribution is 2.34. The second kappa shape index (κ2) is 6.94. The third-order valence-corrected chi connectivity index (χ3v) is 5.99. The molecule has 5 nitrogen and oxygen atoms in total. The first kappa shape index (κ1) is 18.2. The fourth-order valence-corrected chi connectivity index (χ4v) is 4.14. The van der Waals surface area contributed by atoms with Gasteiger partial charge in [-0.15, -0.1) is 6.42 Å². The monoisotopic (exact) mass is 368 g/mol. The first-order chi connectivity index (χ1) is 12.4. The number of carbonyl (C=O) groups is 1. The van der Waals surface area contributed by atoms with E-state index < -0.39 is 10.0 Å². The van der Waals surface area contributed by atoms with Crippen LogP contribution in [0.1, 0.15) is 22.8 Å². The minimum atomic E-state index is -3.72. The Morgan fingerprint density at radius 3 is 2.54 bits per heavy atom. The van der Waals surface area contributed by atoms with Gasteiger partial charge in [0.05, 0.1) is 11.4 Å². The van der Waals surface area contributed by atoms with Crippen LogP contribution in [-0.4, -0.2) is 38.9 Å². The van der Waals surface area contributed by atoms with Crippen LogP contribution in [0.25, 0.3) is 0 Å². The molecule has 0 radical (unpaired) electrons. The summed E-state index contributed by atoms with van der Waals surface area (Å²) in [6, 6.07) is 16.1. The Kier molecular flexibility index (Phi) is 4.86. The summed E-state index contributed by atoms with van der Waals surface area (Å²) < 4.78 is 26.6. The lowest BCUT2D eigenvalue weighted by Gasteiger charge is -2.48. The summed E-state index contributed by atoms with van der Waals surface area (Å²) in [4.78, 5) is 14.5. The topological polar surface area (TPSA) is 66.5 Å². The molecule has 0 bridgehead atoms. The molecule has 3 rings (SSSR count). The molecule has 26 heavy (non-hydrogen) atoms. The highest BCUT2D eigenvalue weighted by Gasteiger charge is 2.42. The van der Waals surface area contributed by atoms with Gasteiger partial charge >= 0.3 is 0 Å². The highest BCUT2D eigenvalue weighted by atomic mass is 32.2. The lowest BCUT2D eigenvalue weighted by Crippen LogP contribution is -2.59. The van der Waals surface area contributed by atoms with E-state index in [4.69, 9.17) is 6.42 Å². The Hall–Kier alpha value is -2.62. The Morgan fingerprint density at radius 1 is 1.19 bits per heavy atom. The molecule has 0 aliphatic carbocycles. The van der Waals surface area contributed by atoms with Crippen LogP contribution in [0.4, 0.5) is 0 Å². The van der Waals surface area contributed by atoms with Gasteiger partial charge < -0.3 is 4.90 Å². The lowest BCUT2D eigenvalue weighted by molar-refractivity contribution is 0.0433. The fourth-order valence-electron chi connectivity index (χ4n) is 3.16. The van der Waals surface area contributed by atoms with Gasteiger partial charge in [-0.2, -0.15) is 4.72 Å². The van der Waals surface area contributed by atoms with E-state index in [2.05, 4.69) is 29.7 Å². The predicted octanol–water partition coefficient (Wildman–Crippen LogP) is 2.01. The molecule has 1 fully saturated rings. The molecular formula is C20H20N2O3S. The summed E-state index contributed by atoms with van der Waals surface area (Å²) in [5.41, 5.74) is 1.47. The molecule has 1 aliphatic rings. The van der Waals surface area contributed by atoms with Crippen LogP contribution < -0.4 is 4.72 Å². The molecule has 1 aliphatic heterocycles. The molecule has 0 atom stereocenters. The van der Waals surface area contributed by atoms with Crippen LogP contribution >= 0.6 is 0 Å². The maximum absolute atomic E-state index is 12.7. The van der Waals surface area contributed by atoms with Crippen LogP contribution in [0, 0.1) is 12.3 Å². The smallest absolute Gasteiger partial charge is 0.253 e. The zero-order chi connectivity index (χ0) is 18.8. The van der Waals surface area contributed by atoms with Crippen molar-refractivity contribution in [1.82, 2.24) is 9.62 Å². The number of hydrogen-bond donors (Lipinski definition) is 1. The van der Waals surface area contributed by atoms with Gasteiger partial charge in [-0.05, 0) is 23.8 Å². The van der Waals surface area contributed by atoms with Crippen LogP contribution in [-0.2, 0) is 15.4 Å². The molecule has 0 saturated carbocycles. The number of benzene rings is 2. The quantitative estimate of drug-likeness (QED) is 0.821. The van der Waals surface area contributed by atoms with Gasteiger partial charge in [0.1, 0.15) is 0 Å². The second-order valence-electron chi connectivity index (χ2n) is 6.64. The van der Waals surface area contributed by atoms with Crippen LogP contribution in [0.3, 0.4) is 0 Å². The zero-order valence-electron chi connectivity index (χ0n) is 14.5. The molecule has 0 aromatic heterocycles. The van der Waals surface area contributed by atoms with E-state index in [-0.39, 0.29) is 22.8 Å². The average molecular weight is 368 g/mol. The molecule has 134 valence electrons. The third kappa shape index (κ3) is 3.50. The van der Waals surface area contributed by atoms with Crippen LogP contribution in [0.2, 0.25) is 0 Å². The van der Waals surface area contributed by atoms with Crippen molar-refractivity contribution in [2.75, 3.05) is 19.6 Å². The first-order valence-corrected chi connectivity index (χ1v) is 9.72. The maximum atomic E-state index is 12.7. The summed E-state index contributed by atoms with van der Waals surface area (Å²) >= 11 is 0. The fraction of sp³-hybridized carbons (Fsp3) is 0.250. The van der Waals surface area contributed by atoms with Crippen molar-refractivity contribution >= 4 is 15.9 Å². The minimum absolute atomic E-state index is 0.0324. The normalized spacial score (nSPS) is 15.8. The van der Waals surface area contributed by atoms with E-state index in [1.54, 1.807) is 17.0 Å². The lowest BCUT2D eigenvalue weighted by atomic mass is 9.75. The number of likely N-dealkylation sites (tertiary alicyclic amines) is 1. The largest absolute Gasteiger partial charge is 0.337 e. The summed E-state index contributed by atoms with van der Waals surface area (Å²) in [5, 5.41) is 0. The highest BCUT2D eigenvalue weighted by molar-refractivity contribution is 7.89. The third-order valence-electron chi connectivity index (χ3n) is 4.59. The number of sulfonamides is 1. The molecule has 1 N–H and O–H groups in total. The second-order valence-corrected chi connectivity index (χ2v) is 8.41. The number of carbonyl (C=O) groups excluding carboxylic acids is 1. The van der Waals surface area contributed by atoms with E-state index in [0.29, 0.717) is 18.7 Å². The van der Waals surface area contributed by atoms with E-state index in [9.17, 15) is 13.2 Å². The van der Waals surface area contributed by atoms with Gasteiger partial charge in [-0.1, -0.05) is 49.2 Å². The van der Waals surface area contributed by atoms with E-state index >= 15 is 0 Å². The van der Waals surface area contributed by atoms with Crippen molar-refractivity contribution in [3.05, 3.63) is 65.7 Å². The number of hydrogen-bond acceptors (Lipinski definition) is 3. The Labute approximate surface area is 154 Å². The Morgan fingerprint density at radius 2 is 1.88 bits per heavy atom. The van der Waals surface area contributed by atoms with Gasteiger partial charge in [0.25, 0.3) is 5.91 Å². The zero-order valence-corrected chi connectivity index (χ0v) is 15.3. The summed E-state index contributed by atoms with van der Waals surface area (Å²) in [6.07, 6.45) is 5.09. The molecular weight excluding hydrogens is 348 g/mol. The number of nitrogens with one attached hydrogen (secondary N) is 1. The number of amides is 1. The van der Waals surface area contributed by atoms with Crippen molar-refractivity contribution in [2.45, 2.75) is 17.2 Å². The molecule has 1 heterocycles. The van der Waals surface area contributed by atoms with E-state index in [1.165, 1.54) is 17.7 Å². The maximum Gasteiger partial charge on any atom is 0.253 e. The molecule has 1 amide bonds.